The maximum Gasteiger partial charge on any atom is 0.231 e. The number of halogens is 1. The highest BCUT2D eigenvalue weighted by molar-refractivity contribution is 8.00. The molecular formula is C15H18ClN3OS. The molecule has 0 aliphatic heterocycles. The van der Waals surface area contributed by atoms with Crippen LogP contribution >= 0.6 is 23.4 Å². The van der Waals surface area contributed by atoms with Gasteiger partial charge < -0.3 is 11.1 Å². The predicted molar refractivity (Wildman–Crippen MR) is 86.2 cm³/mol. The molecule has 1 aliphatic carbocycles. The van der Waals surface area contributed by atoms with E-state index in [0.29, 0.717) is 10.7 Å². The van der Waals surface area contributed by atoms with E-state index < -0.39 is 5.54 Å². The van der Waals surface area contributed by atoms with Crippen molar-refractivity contribution in [1.29, 1.82) is 5.26 Å². The van der Waals surface area contributed by atoms with E-state index in [1.54, 1.807) is 18.2 Å². The highest BCUT2D eigenvalue weighted by Crippen LogP contribution is 2.29. The highest BCUT2D eigenvalue weighted by atomic mass is 35.5. The quantitative estimate of drug-likeness (QED) is 0.658. The second-order valence-electron chi connectivity index (χ2n) is 5.27. The molecule has 1 amide bonds. The van der Waals surface area contributed by atoms with Gasteiger partial charge in [-0.3, -0.25) is 4.79 Å². The predicted octanol–water partition coefficient (Wildman–Crippen LogP) is 3.36. The fourth-order valence-corrected chi connectivity index (χ4v) is 3.45. The normalized spacial score (nSPS) is 17.0. The molecular weight excluding hydrogens is 306 g/mol. The molecule has 0 unspecified atom stereocenters. The number of benzene rings is 1. The number of thioether (sulfide) groups is 1. The minimum absolute atomic E-state index is 0.127. The molecule has 6 heteroatoms. The van der Waals surface area contributed by atoms with Crippen molar-refractivity contribution in [3.63, 3.8) is 0 Å². The van der Waals surface area contributed by atoms with Crippen molar-refractivity contribution in [2.45, 2.75) is 42.5 Å². The number of amides is 1. The Labute approximate surface area is 134 Å². The van der Waals surface area contributed by atoms with Crippen LogP contribution < -0.4 is 11.1 Å². The molecule has 21 heavy (non-hydrogen) atoms. The first kappa shape index (κ1) is 16.0. The number of carbonyl (C=O) groups is 1. The number of anilines is 1. The monoisotopic (exact) mass is 323 g/mol. The Bertz CT molecular complexity index is 565. The molecule has 1 saturated carbocycles. The zero-order chi connectivity index (χ0) is 15.3. The van der Waals surface area contributed by atoms with Gasteiger partial charge in [0.1, 0.15) is 5.54 Å². The lowest BCUT2D eigenvalue weighted by Gasteiger charge is -2.31. The average molecular weight is 324 g/mol. The van der Waals surface area contributed by atoms with Crippen LogP contribution in [-0.4, -0.2) is 17.2 Å². The molecule has 1 aromatic carbocycles. The Morgan fingerprint density at radius 1 is 1.43 bits per heavy atom. The van der Waals surface area contributed by atoms with Gasteiger partial charge in [0.25, 0.3) is 0 Å². The van der Waals surface area contributed by atoms with Crippen LogP contribution in [-0.2, 0) is 4.79 Å². The van der Waals surface area contributed by atoms with Crippen molar-refractivity contribution in [3.8, 4) is 6.07 Å². The summed E-state index contributed by atoms with van der Waals surface area (Å²) in [5, 5.41) is 12.8. The standard InChI is InChI=1S/C15H18ClN3OS/c16-11-4-5-13(12(18)8-11)21-9-14(20)19-15(10-17)6-2-1-3-7-15/h4-5,8H,1-3,6-7,9,18H2,(H,19,20). The van der Waals surface area contributed by atoms with Gasteiger partial charge in [-0.1, -0.05) is 30.9 Å². The first-order chi connectivity index (χ1) is 10.0. The van der Waals surface area contributed by atoms with Crippen LogP contribution in [0.3, 0.4) is 0 Å². The minimum atomic E-state index is -0.679. The highest BCUT2D eigenvalue weighted by Gasteiger charge is 2.33. The number of nitriles is 1. The third kappa shape index (κ3) is 4.29. The largest absolute Gasteiger partial charge is 0.398 e. The first-order valence-corrected chi connectivity index (χ1v) is 8.31. The van der Waals surface area contributed by atoms with Crippen LogP contribution in [0.15, 0.2) is 23.1 Å². The van der Waals surface area contributed by atoms with Crippen molar-refractivity contribution in [2.24, 2.45) is 0 Å². The molecule has 2 rings (SSSR count). The number of rotatable bonds is 4. The Balaban J connectivity index is 1.91. The summed E-state index contributed by atoms with van der Waals surface area (Å²) in [5.74, 6) is 0.118. The lowest BCUT2D eigenvalue weighted by Crippen LogP contribution is -2.49. The minimum Gasteiger partial charge on any atom is -0.398 e. The van der Waals surface area contributed by atoms with E-state index in [2.05, 4.69) is 11.4 Å². The summed E-state index contributed by atoms with van der Waals surface area (Å²) in [6.45, 7) is 0. The number of nitrogens with one attached hydrogen (secondary N) is 1. The molecule has 1 aliphatic rings. The van der Waals surface area contributed by atoms with Gasteiger partial charge in [-0.25, -0.2) is 0 Å². The van der Waals surface area contributed by atoms with Gasteiger partial charge in [-0.15, -0.1) is 11.8 Å². The first-order valence-electron chi connectivity index (χ1n) is 6.95. The summed E-state index contributed by atoms with van der Waals surface area (Å²) in [4.78, 5) is 12.9. The number of carbonyl (C=O) groups excluding carboxylic acids is 1. The van der Waals surface area contributed by atoms with E-state index in [9.17, 15) is 10.1 Å². The third-order valence-corrected chi connectivity index (χ3v) is 4.95. The summed E-state index contributed by atoms with van der Waals surface area (Å²) in [6.07, 6.45) is 4.59. The van der Waals surface area contributed by atoms with Gasteiger partial charge in [-0.2, -0.15) is 5.26 Å². The molecule has 3 N–H and O–H groups in total. The van der Waals surface area contributed by atoms with E-state index in [0.717, 1.165) is 37.0 Å². The number of nitrogens with two attached hydrogens (primary N) is 1. The molecule has 112 valence electrons. The van der Waals surface area contributed by atoms with Gasteiger partial charge in [0.2, 0.25) is 5.91 Å². The smallest absolute Gasteiger partial charge is 0.231 e. The number of nitrogen functional groups attached to an aromatic ring is 1. The summed E-state index contributed by atoms with van der Waals surface area (Å²) < 4.78 is 0. The van der Waals surface area contributed by atoms with E-state index >= 15 is 0 Å². The van der Waals surface area contributed by atoms with Gasteiger partial charge in [0, 0.05) is 15.6 Å². The van der Waals surface area contributed by atoms with Crippen LogP contribution in [0.1, 0.15) is 32.1 Å². The molecule has 0 bridgehead atoms. The topological polar surface area (TPSA) is 78.9 Å². The van der Waals surface area contributed by atoms with E-state index in [-0.39, 0.29) is 11.7 Å². The summed E-state index contributed by atoms with van der Waals surface area (Å²) in [5.41, 5.74) is 5.74. The SMILES string of the molecule is N#CC1(NC(=O)CSc2ccc(Cl)cc2N)CCCCC1. The number of hydrogen-bond donors (Lipinski definition) is 2. The molecule has 0 saturated heterocycles. The van der Waals surface area contributed by atoms with E-state index in [4.69, 9.17) is 17.3 Å². The Morgan fingerprint density at radius 3 is 2.76 bits per heavy atom. The number of nitrogens with zero attached hydrogens (tertiary/aromatic N) is 1. The molecule has 1 aromatic rings. The fourth-order valence-electron chi connectivity index (χ4n) is 2.52. The molecule has 4 nitrogen and oxygen atoms in total. The van der Waals surface area contributed by atoms with Crippen LogP contribution in [0, 0.1) is 11.3 Å². The number of hydrogen-bond acceptors (Lipinski definition) is 4. The molecule has 0 radical (unpaired) electrons. The Kier molecular flexibility index (Phi) is 5.38. The summed E-state index contributed by atoms with van der Waals surface area (Å²) in [7, 11) is 0. The summed E-state index contributed by atoms with van der Waals surface area (Å²) in [6, 6.07) is 7.50. The Morgan fingerprint density at radius 2 is 2.14 bits per heavy atom. The van der Waals surface area contributed by atoms with Crippen LogP contribution in [0.5, 0.6) is 0 Å². The van der Waals surface area contributed by atoms with Crippen molar-refractivity contribution >= 4 is 35.0 Å². The summed E-state index contributed by atoms with van der Waals surface area (Å²) >= 11 is 7.20. The fraction of sp³-hybridized carbons (Fsp3) is 0.467. The maximum absolute atomic E-state index is 12.1. The molecule has 1 fully saturated rings. The molecule has 0 heterocycles. The van der Waals surface area contributed by atoms with E-state index in [1.807, 2.05) is 0 Å². The van der Waals surface area contributed by atoms with Crippen molar-refractivity contribution in [1.82, 2.24) is 5.32 Å². The van der Waals surface area contributed by atoms with Gasteiger partial charge in [-0.05, 0) is 31.0 Å². The lowest BCUT2D eigenvalue weighted by atomic mass is 9.83. The lowest BCUT2D eigenvalue weighted by molar-refractivity contribution is -0.120. The third-order valence-electron chi connectivity index (χ3n) is 3.63. The maximum atomic E-state index is 12.1. The van der Waals surface area contributed by atoms with E-state index in [1.165, 1.54) is 11.8 Å². The van der Waals surface area contributed by atoms with Crippen LogP contribution in [0.2, 0.25) is 5.02 Å². The molecule has 0 spiro atoms. The van der Waals surface area contributed by atoms with Gasteiger partial charge in [0.15, 0.2) is 0 Å². The zero-order valence-electron chi connectivity index (χ0n) is 11.7. The average Bonchev–Trinajstić information content (AvgIpc) is 2.47. The molecule has 0 atom stereocenters. The van der Waals surface area contributed by atoms with Crippen molar-refractivity contribution in [2.75, 3.05) is 11.5 Å². The second-order valence-corrected chi connectivity index (χ2v) is 6.73. The zero-order valence-corrected chi connectivity index (χ0v) is 13.3. The van der Waals surface area contributed by atoms with Crippen molar-refractivity contribution < 1.29 is 4.79 Å². The van der Waals surface area contributed by atoms with Gasteiger partial charge in [0.05, 0.1) is 11.8 Å². The van der Waals surface area contributed by atoms with Crippen molar-refractivity contribution in [3.05, 3.63) is 23.2 Å². The van der Waals surface area contributed by atoms with Crippen LogP contribution in [0.25, 0.3) is 0 Å². The molecule has 0 aromatic heterocycles. The Hall–Kier alpha value is -1.38. The second kappa shape index (κ2) is 7.06. The van der Waals surface area contributed by atoms with Crippen LogP contribution in [0.4, 0.5) is 5.69 Å². The van der Waals surface area contributed by atoms with Gasteiger partial charge >= 0.3 is 0 Å².